The Morgan fingerprint density at radius 1 is 1.33 bits per heavy atom. The molecular formula is C7H7NO6S. The second-order valence-corrected chi connectivity index (χ2v) is 4.04. The molecule has 5 N–H and O–H groups in total. The lowest BCUT2D eigenvalue weighted by molar-refractivity contribution is 0.0693. The van der Waals surface area contributed by atoms with Crippen molar-refractivity contribution in [1.29, 1.82) is 0 Å². The fourth-order valence-corrected chi connectivity index (χ4v) is 1.72. The van der Waals surface area contributed by atoms with Crippen LogP contribution in [0.25, 0.3) is 0 Å². The third kappa shape index (κ3) is 2.00. The molecule has 1 rings (SSSR count). The van der Waals surface area contributed by atoms with Gasteiger partial charge in [0.05, 0.1) is 5.69 Å². The van der Waals surface area contributed by atoms with E-state index in [-0.39, 0.29) is 0 Å². The molecule has 0 aromatic heterocycles. The minimum Gasteiger partial charge on any atom is -0.506 e. The predicted octanol–water partition coefficient (Wildman–Crippen LogP) is -0.0807. The van der Waals surface area contributed by atoms with E-state index in [4.69, 9.17) is 20.5 Å². The number of hydrogen-bond acceptors (Lipinski definition) is 5. The van der Waals surface area contributed by atoms with Gasteiger partial charge in [-0.05, 0) is 12.1 Å². The summed E-state index contributed by atoms with van der Waals surface area (Å²) in [6.07, 6.45) is 0. The molecule has 1 aromatic carbocycles. The molecule has 0 spiro atoms. The van der Waals surface area contributed by atoms with E-state index < -0.39 is 38.0 Å². The van der Waals surface area contributed by atoms with Gasteiger partial charge in [-0.3, -0.25) is 4.55 Å². The van der Waals surface area contributed by atoms with Crippen LogP contribution < -0.4 is 5.73 Å². The molecule has 0 radical (unpaired) electrons. The van der Waals surface area contributed by atoms with Crippen LogP contribution in [0.1, 0.15) is 10.4 Å². The van der Waals surface area contributed by atoms with E-state index in [0.717, 1.165) is 12.1 Å². The SMILES string of the molecule is Nc1c(O)ccc(S(=O)(=O)O)c1C(=O)O. The van der Waals surface area contributed by atoms with E-state index in [2.05, 4.69) is 0 Å². The van der Waals surface area contributed by atoms with Crippen molar-refractivity contribution >= 4 is 21.8 Å². The lowest BCUT2D eigenvalue weighted by Gasteiger charge is -2.07. The number of rotatable bonds is 2. The molecular weight excluding hydrogens is 226 g/mol. The van der Waals surface area contributed by atoms with Gasteiger partial charge in [0.25, 0.3) is 10.1 Å². The van der Waals surface area contributed by atoms with Crippen LogP contribution >= 0.6 is 0 Å². The maximum absolute atomic E-state index is 10.8. The van der Waals surface area contributed by atoms with Gasteiger partial charge in [0.2, 0.25) is 0 Å². The summed E-state index contributed by atoms with van der Waals surface area (Å²) in [5.74, 6) is -2.23. The van der Waals surface area contributed by atoms with Gasteiger partial charge >= 0.3 is 5.97 Å². The van der Waals surface area contributed by atoms with Crippen molar-refractivity contribution in [1.82, 2.24) is 0 Å². The largest absolute Gasteiger partial charge is 0.506 e. The summed E-state index contributed by atoms with van der Waals surface area (Å²) in [4.78, 5) is 9.82. The van der Waals surface area contributed by atoms with E-state index in [1.165, 1.54) is 0 Å². The molecule has 0 saturated heterocycles. The third-order valence-corrected chi connectivity index (χ3v) is 2.57. The van der Waals surface area contributed by atoms with Gasteiger partial charge in [-0.25, -0.2) is 4.79 Å². The summed E-state index contributed by atoms with van der Waals surface area (Å²) >= 11 is 0. The Kier molecular flexibility index (Phi) is 2.56. The maximum atomic E-state index is 10.8. The average molecular weight is 233 g/mol. The zero-order valence-electron chi connectivity index (χ0n) is 7.21. The summed E-state index contributed by atoms with van der Waals surface area (Å²) in [7, 11) is -4.69. The summed E-state index contributed by atoms with van der Waals surface area (Å²) < 4.78 is 30.3. The normalized spacial score (nSPS) is 11.3. The van der Waals surface area contributed by atoms with Gasteiger partial charge < -0.3 is 15.9 Å². The number of carboxylic acids is 1. The summed E-state index contributed by atoms with van der Waals surface area (Å²) in [5, 5.41) is 17.7. The average Bonchev–Trinajstić information content (AvgIpc) is 2.06. The fraction of sp³-hybridized carbons (Fsp3) is 0. The van der Waals surface area contributed by atoms with Crippen molar-refractivity contribution < 1.29 is 28.0 Å². The number of phenolic OH excluding ortho intramolecular Hbond substituents is 1. The Labute approximate surface area is 84.5 Å². The molecule has 0 aliphatic carbocycles. The van der Waals surface area contributed by atoms with Crippen molar-refractivity contribution in [2.75, 3.05) is 5.73 Å². The molecule has 1 aromatic rings. The molecule has 0 saturated carbocycles. The van der Waals surface area contributed by atoms with Crippen LogP contribution in [0.5, 0.6) is 5.75 Å². The minimum absolute atomic E-state index is 0.570. The topological polar surface area (TPSA) is 138 Å². The molecule has 7 nitrogen and oxygen atoms in total. The number of hydrogen-bond donors (Lipinski definition) is 4. The van der Waals surface area contributed by atoms with Crippen LogP contribution in [0.4, 0.5) is 5.69 Å². The van der Waals surface area contributed by atoms with Gasteiger partial charge in [-0.2, -0.15) is 8.42 Å². The molecule has 0 fully saturated rings. The van der Waals surface area contributed by atoms with Crippen LogP contribution in [0, 0.1) is 0 Å². The van der Waals surface area contributed by atoms with Crippen LogP contribution in [0.2, 0.25) is 0 Å². The van der Waals surface area contributed by atoms with Crippen LogP contribution in [0.3, 0.4) is 0 Å². The highest BCUT2D eigenvalue weighted by Gasteiger charge is 2.24. The molecule has 8 heteroatoms. The lowest BCUT2D eigenvalue weighted by Crippen LogP contribution is -2.11. The number of carboxylic acid groups (broad SMARTS) is 1. The first-order valence-corrected chi connectivity index (χ1v) is 5.01. The van der Waals surface area contributed by atoms with E-state index in [1.54, 1.807) is 0 Å². The zero-order valence-corrected chi connectivity index (χ0v) is 8.02. The first-order chi connectivity index (χ1) is 6.75. The molecule has 0 bridgehead atoms. The number of carbonyl (C=O) groups is 1. The summed E-state index contributed by atoms with van der Waals surface area (Å²) in [6.45, 7) is 0. The minimum atomic E-state index is -4.69. The second kappa shape index (κ2) is 3.41. The van der Waals surface area contributed by atoms with Crippen LogP contribution in [-0.4, -0.2) is 29.2 Å². The van der Waals surface area contributed by atoms with Gasteiger partial charge in [0, 0.05) is 0 Å². The van der Waals surface area contributed by atoms with E-state index in [9.17, 15) is 13.2 Å². The van der Waals surface area contributed by atoms with Crippen LogP contribution in [0.15, 0.2) is 17.0 Å². The number of nitrogen functional groups attached to an aromatic ring is 1. The standard InChI is InChI=1S/C7H7NO6S/c8-6-3(9)1-2-4(15(12,13)14)5(6)7(10)11/h1-2,9H,8H2,(H,10,11)(H,12,13,14). The quantitative estimate of drug-likeness (QED) is 0.318. The summed E-state index contributed by atoms with van der Waals surface area (Å²) in [6, 6.07) is 1.63. The Morgan fingerprint density at radius 3 is 2.27 bits per heavy atom. The van der Waals surface area contributed by atoms with Gasteiger partial charge in [-0.1, -0.05) is 0 Å². The van der Waals surface area contributed by atoms with Gasteiger partial charge in [-0.15, -0.1) is 0 Å². The van der Waals surface area contributed by atoms with Crippen molar-refractivity contribution in [3.8, 4) is 5.75 Å². The van der Waals surface area contributed by atoms with Gasteiger partial charge in [0.1, 0.15) is 16.2 Å². The molecule has 0 aliphatic heterocycles. The molecule has 0 heterocycles. The predicted molar refractivity (Wildman–Crippen MR) is 49.3 cm³/mol. The van der Waals surface area contributed by atoms with Crippen molar-refractivity contribution in [3.05, 3.63) is 17.7 Å². The van der Waals surface area contributed by atoms with E-state index in [1.807, 2.05) is 0 Å². The highest BCUT2D eigenvalue weighted by Crippen LogP contribution is 2.29. The first-order valence-electron chi connectivity index (χ1n) is 3.57. The van der Waals surface area contributed by atoms with Gasteiger partial charge in [0.15, 0.2) is 0 Å². The number of aromatic carboxylic acids is 1. The van der Waals surface area contributed by atoms with E-state index in [0.29, 0.717) is 0 Å². The van der Waals surface area contributed by atoms with Crippen molar-refractivity contribution in [2.24, 2.45) is 0 Å². The number of benzene rings is 1. The monoisotopic (exact) mass is 233 g/mol. The highest BCUT2D eigenvalue weighted by molar-refractivity contribution is 7.86. The molecule has 0 unspecified atom stereocenters. The number of anilines is 1. The maximum Gasteiger partial charge on any atom is 0.339 e. The molecule has 0 atom stereocenters. The Morgan fingerprint density at radius 2 is 1.87 bits per heavy atom. The number of phenols is 1. The molecule has 0 aliphatic rings. The molecule has 0 amide bonds. The lowest BCUT2D eigenvalue weighted by atomic mass is 10.1. The van der Waals surface area contributed by atoms with Crippen molar-refractivity contribution in [2.45, 2.75) is 4.90 Å². The summed E-state index contributed by atoms with van der Waals surface area (Å²) in [5.41, 5.74) is 3.71. The Hall–Kier alpha value is -1.80. The molecule has 82 valence electrons. The van der Waals surface area contributed by atoms with E-state index >= 15 is 0 Å². The Balaban J connectivity index is 3.70. The fourth-order valence-electron chi connectivity index (χ4n) is 1.02. The third-order valence-electron chi connectivity index (χ3n) is 1.68. The Bertz CT molecular complexity index is 521. The molecule has 15 heavy (non-hydrogen) atoms. The smallest absolute Gasteiger partial charge is 0.339 e. The van der Waals surface area contributed by atoms with Crippen LogP contribution in [-0.2, 0) is 10.1 Å². The second-order valence-electron chi connectivity index (χ2n) is 2.65. The first kappa shape index (κ1) is 11.3. The van der Waals surface area contributed by atoms with Crippen molar-refractivity contribution in [3.63, 3.8) is 0 Å². The number of aromatic hydroxyl groups is 1. The highest BCUT2D eigenvalue weighted by atomic mass is 32.2. The number of nitrogens with two attached hydrogens (primary N) is 1. The zero-order chi connectivity index (χ0) is 11.8.